The third kappa shape index (κ3) is 4.10. The number of hydrazone groups is 1. The molecule has 2 rings (SSSR count). The molecule has 0 saturated carbocycles. The van der Waals surface area contributed by atoms with Crippen molar-refractivity contribution >= 4 is 17.5 Å². The summed E-state index contributed by atoms with van der Waals surface area (Å²) in [7, 11) is 1.41. The SMILES string of the molecule is CN1N=C(C(=O)NC[C@@H](O)c2ccccc2C(F)(F)F)CCC1=O. The van der Waals surface area contributed by atoms with E-state index >= 15 is 0 Å². The fraction of sp³-hybridized carbons (Fsp3) is 0.400. The van der Waals surface area contributed by atoms with Crippen LogP contribution in [0.2, 0.25) is 0 Å². The predicted molar refractivity (Wildman–Crippen MR) is 78.9 cm³/mol. The number of benzene rings is 1. The molecular formula is C15H16F3N3O3. The van der Waals surface area contributed by atoms with Gasteiger partial charge in [0.15, 0.2) is 0 Å². The van der Waals surface area contributed by atoms with Crippen LogP contribution in [0, 0.1) is 0 Å². The fourth-order valence-corrected chi connectivity index (χ4v) is 2.28. The van der Waals surface area contributed by atoms with Crippen LogP contribution in [0.5, 0.6) is 0 Å². The molecule has 9 heteroatoms. The molecule has 2 N–H and O–H groups in total. The van der Waals surface area contributed by atoms with E-state index < -0.39 is 30.3 Å². The molecule has 0 spiro atoms. The number of nitrogens with zero attached hydrogens (tertiary/aromatic N) is 2. The van der Waals surface area contributed by atoms with Crippen LogP contribution in [0.1, 0.15) is 30.1 Å². The molecular weight excluding hydrogens is 327 g/mol. The standard InChI is InChI=1S/C15H16F3N3O3/c1-21-13(23)7-6-11(20-21)14(24)19-8-12(22)9-4-2-3-5-10(9)15(16,17)18/h2-5,12,22H,6-8H2,1H3,(H,19,24)/t12-/m1/s1. The molecule has 1 heterocycles. The average molecular weight is 343 g/mol. The number of aliphatic hydroxyl groups is 1. The van der Waals surface area contributed by atoms with E-state index in [-0.39, 0.29) is 30.0 Å². The highest BCUT2D eigenvalue weighted by Gasteiger charge is 2.34. The Morgan fingerprint density at radius 2 is 2.04 bits per heavy atom. The van der Waals surface area contributed by atoms with Crippen LogP contribution in [-0.4, -0.2) is 41.2 Å². The van der Waals surface area contributed by atoms with Crippen LogP contribution in [0.3, 0.4) is 0 Å². The molecule has 0 aromatic heterocycles. The number of alkyl halides is 3. The first kappa shape index (κ1) is 17.9. The second kappa shape index (κ2) is 7.00. The normalized spacial score (nSPS) is 16.6. The summed E-state index contributed by atoms with van der Waals surface area (Å²) in [5, 5.41) is 17.2. The first-order valence-electron chi connectivity index (χ1n) is 7.16. The monoisotopic (exact) mass is 343 g/mol. The zero-order valence-electron chi connectivity index (χ0n) is 12.8. The van der Waals surface area contributed by atoms with Gasteiger partial charge in [0.2, 0.25) is 5.91 Å². The fourth-order valence-electron chi connectivity index (χ4n) is 2.28. The minimum Gasteiger partial charge on any atom is -0.387 e. The molecule has 24 heavy (non-hydrogen) atoms. The Hall–Kier alpha value is -2.42. The van der Waals surface area contributed by atoms with Gasteiger partial charge in [-0.25, -0.2) is 5.01 Å². The summed E-state index contributed by atoms with van der Waals surface area (Å²) in [5.41, 5.74) is -1.18. The summed E-state index contributed by atoms with van der Waals surface area (Å²) in [6.07, 6.45) is -5.85. The molecule has 0 saturated heterocycles. The number of halogens is 3. The summed E-state index contributed by atoms with van der Waals surface area (Å²) in [5.74, 6) is -0.858. The Bertz CT molecular complexity index is 673. The van der Waals surface area contributed by atoms with Crippen LogP contribution in [0.25, 0.3) is 0 Å². The number of hydrogen-bond donors (Lipinski definition) is 2. The lowest BCUT2D eigenvalue weighted by atomic mass is 10.0. The van der Waals surface area contributed by atoms with E-state index in [0.717, 1.165) is 17.1 Å². The third-order valence-corrected chi connectivity index (χ3v) is 3.55. The highest BCUT2D eigenvalue weighted by atomic mass is 19.4. The zero-order chi connectivity index (χ0) is 17.9. The van der Waals surface area contributed by atoms with Gasteiger partial charge < -0.3 is 10.4 Å². The lowest BCUT2D eigenvalue weighted by Gasteiger charge is -2.20. The summed E-state index contributed by atoms with van der Waals surface area (Å²) >= 11 is 0. The lowest BCUT2D eigenvalue weighted by Crippen LogP contribution is -2.39. The smallest absolute Gasteiger partial charge is 0.387 e. The minimum atomic E-state index is -4.60. The van der Waals surface area contributed by atoms with Crippen molar-refractivity contribution in [1.82, 2.24) is 10.3 Å². The molecule has 1 aliphatic heterocycles. The van der Waals surface area contributed by atoms with Gasteiger partial charge in [-0.2, -0.15) is 18.3 Å². The van der Waals surface area contributed by atoms with E-state index in [1.807, 2.05) is 0 Å². The number of rotatable bonds is 4. The second-order valence-corrected chi connectivity index (χ2v) is 5.27. The first-order chi connectivity index (χ1) is 11.2. The van der Waals surface area contributed by atoms with Crippen molar-refractivity contribution in [2.45, 2.75) is 25.1 Å². The van der Waals surface area contributed by atoms with Crippen LogP contribution < -0.4 is 5.32 Å². The molecule has 1 aromatic carbocycles. The van der Waals surface area contributed by atoms with Crippen LogP contribution in [-0.2, 0) is 15.8 Å². The van der Waals surface area contributed by atoms with Crippen LogP contribution >= 0.6 is 0 Å². The van der Waals surface area contributed by atoms with Gasteiger partial charge in [-0.15, -0.1) is 0 Å². The van der Waals surface area contributed by atoms with Gasteiger partial charge in [0.1, 0.15) is 5.71 Å². The third-order valence-electron chi connectivity index (χ3n) is 3.55. The quantitative estimate of drug-likeness (QED) is 0.868. The van der Waals surface area contributed by atoms with Gasteiger partial charge in [-0.1, -0.05) is 18.2 Å². The molecule has 0 radical (unpaired) electrons. The highest BCUT2D eigenvalue weighted by Crippen LogP contribution is 2.34. The molecule has 1 aliphatic rings. The molecule has 130 valence electrons. The first-order valence-corrected chi connectivity index (χ1v) is 7.16. The molecule has 0 bridgehead atoms. The van der Waals surface area contributed by atoms with Crippen molar-refractivity contribution in [3.63, 3.8) is 0 Å². The number of hydrogen-bond acceptors (Lipinski definition) is 4. The topological polar surface area (TPSA) is 82.0 Å². The van der Waals surface area contributed by atoms with Crippen molar-refractivity contribution in [2.75, 3.05) is 13.6 Å². The second-order valence-electron chi connectivity index (χ2n) is 5.27. The van der Waals surface area contributed by atoms with E-state index in [9.17, 15) is 27.9 Å². The van der Waals surface area contributed by atoms with Gasteiger partial charge in [0.25, 0.3) is 5.91 Å². The van der Waals surface area contributed by atoms with E-state index in [1.54, 1.807) is 0 Å². The van der Waals surface area contributed by atoms with E-state index in [4.69, 9.17) is 0 Å². The molecule has 1 atom stereocenters. The van der Waals surface area contributed by atoms with Crippen molar-refractivity contribution in [3.8, 4) is 0 Å². The number of aliphatic hydroxyl groups excluding tert-OH is 1. The maximum atomic E-state index is 12.9. The number of nitrogens with one attached hydrogen (secondary N) is 1. The summed E-state index contributed by atoms with van der Waals surface area (Å²) in [6.45, 7) is -0.400. The summed E-state index contributed by atoms with van der Waals surface area (Å²) in [6, 6.07) is 4.62. The summed E-state index contributed by atoms with van der Waals surface area (Å²) < 4.78 is 38.8. The molecule has 0 unspecified atom stereocenters. The largest absolute Gasteiger partial charge is 0.416 e. The van der Waals surface area contributed by atoms with E-state index in [2.05, 4.69) is 10.4 Å². The maximum absolute atomic E-state index is 12.9. The molecule has 0 aliphatic carbocycles. The lowest BCUT2D eigenvalue weighted by molar-refractivity contribution is -0.139. The van der Waals surface area contributed by atoms with Crippen LogP contribution in [0.4, 0.5) is 13.2 Å². The molecule has 1 aromatic rings. The zero-order valence-corrected chi connectivity index (χ0v) is 12.8. The van der Waals surface area contributed by atoms with Crippen LogP contribution in [0.15, 0.2) is 29.4 Å². The van der Waals surface area contributed by atoms with Gasteiger partial charge >= 0.3 is 6.18 Å². The maximum Gasteiger partial charge on any atom is 0.416 e. The Balaban J connectivity index is 2.04. The van der Waals surface area contributed by atoms with E-state index in [1.165, 1.54) is 19.2 Å². The Morgan fingerprint density at radius 1 is 1.38 bits per heavy atom. The van der Waals surface area contributed by atoms with Crippen molar-refractivity contribution in [1.29, 1.82) is 0 Å². The van der Waals surface area contributed by atoms with Crippen molar-refractivity contribution < 1.29 is 27.9 Å². The highest BCUT2D eigenvalue weighted by molar-refractivity contribution is 6.39. The van der Waals surface area contributed by atoms with E-state index in [0.29, 0.717) is 0 Å². The minimum absolute atomic E-state index is 0.0911. The van der Waals surface area contributed by atoms with Gasteiger partial charge in [-0.3, -0.25) is 9.59 Å². The number of amides is 2. The number of carbonyl (C=O) groups excluding carboxylic acids is 2. The molecule has 0 fully saturated rings. The Morgan fingerprint density at radius 3 is 2.67 bits per heavy atom. The Labute approximate surface area is 135 Å². The van der Waals surface area contributed by atoms with Gasteiger partial charge in [0.05, 0.1) is 11.7 Å². The average Bonchev–Trinajstić information content (AvgIpc) is 2.54. The predicted octanol–water partition coefficient (Wildman–Crippen LogP) is 1.46. The summed E-state index contributed by atoms with van der Waals surface area (Å²) in [4.78, 5) is 23.2. The van der Waals surface area contributed by atoms with Gasteiger partial charge in [0, 0.05) is 26.4 Å². The molecule has 6 nitrogen and oxygen atoms in total. The van der Waals surface area contributed by atoms with Crippen molar-refractivity contribution in [3.05, 3.63) is 35.4 Å². The molecule has 2 amide bonds. The van der Waals surface area contributed by atoms with Gasteiger partial charge in [-0.05, 0) is 11.6 Å². The Kier molecular flexibility index (Phi) is 5.23. The van der Waals surface area contributed by atoms with Crippen molar-refractivity contribution in [2.24, 2.45) is 5.10 Å². The number of carbonyl (C=O) groups is 2.